The van der Waals surface area contributed by atoms with Crippen molar-refractivity contribution in [2.45, 2.75) is 6.92 Å². The van der Waals surface area contributed by atoms with E-state index in [2.05, 4.69) is 15.0 Å². The first-order valence-electron chi connectivity index (χ1n) is 5.18. The zero-order valence-electron chi connectivity index (χ0n) is 9.07. The number of pyridine rings is 1. The molecule has 2 aromatic heterocycles. The van der Waals surface area contributed by atoms with Gasteiger partial charge in [-0.1, -0.05) is 18.2 Å². The summed E-state index contributed by atoms with van der Waals surface area (Å²) in [6.45, 7) is 1.99. The third-order valence-corrected chi connectivity index (χ3v) is 2.96. The van der Waals surface area contributed by atoms with Gasteiger partial charge in [-0.3, -0.25) is 9.78 Å². The highest BCUT2D eigenvalue weighted by molar-refractivity contribution is 7.71. The van der Waals surface area contributed by atoms with Crippen LogP contribution in [-0.4, -0.2) is 15.0 Å². The highest BCUT2D eigenvalue weighted by atomic mass is 32.1. The van der Waals surface area contributed by atoms with Crippen LogP contribution in [0.2, 0.25) is 0 Å². The van der Waals surface area contributed by atoms with Crippen LogP contribution in [0.4, 0.5) is 0 Å². The Morgan fingerprint density at radius 3 is 2.94 bits per heavy atom. The maximum Gasteiger partial charge on any atom is 0.261 e. The molecule has 0 fully saturated rings. The minimum Gasteiger partial charge on any atom is -0.316 e. The minimum atomic E-state index is -0.209. The molecule has 5 heteroatoms. The average molecular weight is 243 g/mol. The highest BCUT2D eigenvalue weighted by Crippen LogP contribution is 2.18. The zero-order valence-corrected chi connectivity index (χ0v) is 9.89. The predicted octanol–water partition coefficient (Wildman–Crippen LogP) is 2.44. The van der Waals surface area contributed by atoms with Gasteiger partial charge in [-0.2, -0.15) is 0 Å². The molecule has 0 bridgehead atoms. The van der Waals surface area contributed by atoms with E-state index in [1.807, 2.05) is 31.2 Å². The molecule has 3 rings (SSSR count). The van der Waals surface area contributed by atoms with Gasteiger partial charge in [0.15, 0.2) is 4.77 Å². The molecule has 0 saturated heterocycles. The van der Waals surface area contributed by atoms with Crippen LogP contribution in [0.5, 0.6) is 0 Å². The molecule has 0 aliphatic carbocycles. The monoisotopic (exact) mass is 243 g/mol. The number of hydrogen-bond acceptors (Lipinski definition) is 3. The van der Waals surface area contributed by atoms with Crippen LogP contribution < -0.4 is 5.56 Å². The third-order valence-electron chi connectivity index (χ3n) is 2.75. The number of hydrogen-bond donors (Lipinski definition) is 2. The summed E-state index contributed by atoms with van der Waals surface area (Å²) < 4.78 is 0.294. The molecule has 0 atom stereocenters. The van der Waals surface area contributed by atoms with Gasteiger partial charge in [0, 0.05) is 5.39 Å². The maximum atomic E-state index is 11.7. The van der Waals surface area contributed by atoms with Crippen LogP contribution in [0.1, 0.15) is 5.56 Å². The molecule has 1 aromatic carbocycles. The molecule has 4 nitrogen and oxygen atoms in total. The normalized spacial score (nSPS) is 11.1. The zero-order chi connectivity index (χ0) is 12.0. The average Bonchev–Trinajstić information content (AvgIpc) is 2.28. The summed E-state index contributed by atoms with van der Waals surface area (Å²) in [5, 5.41) is 1.48. The van der Waals surface area contributed by atoms with Gasteiger partial charge in [0.05, 0.1) is 10.9 Å². The Balaban J connectivity index is 2.62. The van der Waals surface area contributed by atoms with Gasteiger partial charge < -0.3 is 4.98 Å². The smallest absolute Gasteiger partial charge is 0.261 e. The molecular weight excluding hydrogens is 234 g/mol. The summed E-state index contributed by atoms with van der Waals surface area (Å²) >= 11 is 4.93. The lowest BCUT2D eigenvalue weighted by Crippen LogP contribution is -2.08. The molecule has 0 radical (unpaired) electrons. The lowest BCUT2D eigenvalue weighted by atomic mass is 10.1. The number of nitrogens with zero attached hydrogens (tertiary/aromatic N) is 1. The maximum absolute atomic E-state index is 11.7. The van der Waals surface area contributed by atoms with E-state index in [1.165, 1.54) is 0 Å². The Labute approximate surface area is 101 Å². The molecule has 0 amide bonds. The van der Waals surface area contributed by atoms with E-state index in [0.29, 0.717) is 15.8 Å². The first kappa shape index (κ1) is 10.2. The number of H-pyrrole nitrogens is 2. The van der Waals surface area contributed by atoms with Gasteiger partial charge in [0.25, 0.3) is 5.56 Å². The second-order valence-corrected chi connectivity index (χ2v) is 4.35. The molecule has 0 unspecified atom stereocenters. The minimum absolute atomic E-state index is 0.209. The van der Waals surface area contributed by atoms with E-state index in [1.54, 1.807) is 0 Å². The molecule has 17 heavy (non-hydrogen) atoms. The molecule has 0 aliphatic rings. The molecule has 84 valence electrons. The Morgan fingerprint density at radius 1 is 1.29 bits per heavy atom. The molecule has 2 N–H and O–H groups in total. The van der Waals surface area contributed by atoms with Crippen molar-refractivity contribution in [1.29, 1.82) is 0 Å². The standard InChI is InChI=1S/C12H9N3OS/c1-6-3-2-4-7-5-8-10(13-9(6)7)14-12(17)15-11(8)16/h2-5H,1H3,(H2,13,14,15,16,17). The molecule has 3 aromatic rings. The summed E-state index contributed by atoms with van der Waals surface area (Å²) in [5.74, 6) is 0. The third kappa shape index (κ3) is 1.55. The van der Waals surface area contributed by atoms with Crippen molar-refractivity contribution in [2.75, 3.05) is 0 Å². The number of aromatic amines is 2. The van der Waals surface area contributed by atoms with Crippen LogP contribution >= 0.6 is 12.2 Å². The first-order chi connectivity index (χ1) is 8.15. The molecule has 0 saturated carbocycles. The number of aryl methyl sites for hydroxylation is 1. The lowest BCUT2D eigenvalue weighted by Gasteiger charge is -2.03. The van der Waals surface area contributed by atoms with Crippen LogP contribution in [0, 0.1) is 11.7 Å². The molecule has 2 heterocycles. The summed E-state index contributed by atoms with van der Waals surface area (Å²) in [6.07, 6.45) is 0. The van der Waals surface area contributed by atoms with E-state index in [0.717, 1.165) is 16.5 Å². The molecule has 0 aliphatic heterocycles. The quantitative estimate of drug-likeness (QED) is 0.471. The van der Waals surface area contributed by atoms with Crippen LogP contribution in [0.25, 0.3) is 21.9 Å². The van der Waals surface area contributed by atoms with Crippen molar-refractivity contribution in [3.05, 3.63) is 45.0 Å². The second-order valence-electron chi connectivity index (χ2n) is 3.94. The van der Waals surface area contributed by atoms with Crippen LogP contribution in [0.3, 0.4) is 0 Å². The predicted molar refractivity (Wildman–Crippen MR) is 69.8 cm³/mol. The topological polar surface area (TPSA) is 61.5 Å². The summed E-state index contributed by atoms with van der Waals surface area (Å²) in [7, 11) is 0. The number of rotatable bonds is 0. The van der Waals surface area contributed by atoms with Crippen molar-refractivity contribution in [1.82, 2.24) is 15.0 Å². The Hall–Kier alpha value is -2.01. The first-order valence-corrected chi connectivity index (χ1v) is 5.59. The number of fused-ring (bicyclic) bond motifs is 2. The van der Waals surface area contributed by atoms with Crippen molar-refractivity contribution in [3.63, 3.8) is 0 Å². The fraction of sp³-hybridized carbons (Fsp3) is 0.0833. The molecular formula is C12H9N3OS. The van der Waals surface area contributed by atoms with Gasteiger partial charge in [-0.15, -0.1) is 0 Å². The lowest BCUT2D eigenvalue weighted by molar-refractivity contribution is 1.12. The number of nitrogens with one attached hydrogen (secondary N) is 2. The van der Waals surface area contributed by atoms with E-state index in [9.17, 15) is 4.79 Å². The fourth-order valence-corrected chi connectivity index (χ4v) is 2.11. The van der Waals surface area contributed by atoms with Crippen LogP contribution in [0.15, 0.2) is 29.1 Å². The van der Waals surface area contributed by atoms with Crippen molar-refractivity contribution in [2.24, 2.45) is 0 Å². The van der Waals surface area contributed by atoms with Gasteiger partial charge in [-0.05, 0) is 30.8 Å². The Bertz CT molecular complexity index is 848. The molecule has 0 spiro atoms. The number of aromatic nitrogens is 3. The second kappa shape index (κ2) is 3.49. The largest absolute Gasteiger partial charge is 0.316 e. The van der Waals surface area contributed by atoms with E-state index < -0.39 is 0 Å². The van der Waals surface area contributed by atoms with Gasteiger partial charge in [0.1, 0.15) is 5.65 Å². The summed E-state index contributed by atoms with van der Waals surface area (Å²) in [5.41, 5.74) is 2.28. The SMILES string of the molecule is Cc1cccc2cc3c(=O)[nH]c(=S)[nH]c3nc12. The summed E-state index contributed by atoms with van der Waals surface area (Å²) in [4.78, 5) is 21.7. The number of para-hydroxylation sites is 1. The summed E-state index contributed by atoms with van der Waals surface area (Å²) in [6, 6.07) is 7.71. The Morgan fingerprint density at radius 2 is 2.12 bits per heavy atom. The van der Waals surface area contributed by atoms with E-state index in [-0.39, 0.29) is 5.56 Å². The van der Waals surface area contributed by atoms with E-state index in [4.69, 9.17) is 12.2 Å². The van der Waals surface area contributed by atoms with Gasteiger partial charge in [0.2, 0.25) is 0 Å². The van der Waals surface area contributed by atoms with Crippen molar-refractivity contribution >= 4 is 34.2 Å². The van der Waals surface area contributed by atoms with Crippen LogP contribution in [-0.2, 0) is 0 Å². The van der Waals surface area contributed by atoms with Gasteiger partial charge in [-0.25, -0.2) is 4.98 Å². The van der Waals surface area contributed by atoms with Crippen molar-refractivity contribution in [3.8, 4) is 0 Å². The van der Waals surface area contributed by atoms with Gasteiger partial charge >= 0.3 is 0 Å². The fourth-order valence-electron chi connectivity index (χ4n) is 1.92. The Kier molecular flexibility index (Phi) is 2.09. The van der Waals surface area contributed by atoms with Crippen molar-refractivity contribution < 1.29 is 0 Å². The number of benzene rings is 1. The highest BCUT2D eigenvalue weighted by Gasteiger charge is 2.05. The van der Waals surface area contributed by atoms with E-state index >= 15 is 0 Å².